The molecule has 2 nitrogen and oxygen atoms in total. The Balaban J connectivity index is 2.06. The van der Waals surface area contributed by atoms with E-state index in [2.05, 4.69) is 6.92 Å². The van der Waals surface area contributed by atoms with Crippen LogP contribution in [0.2, 0.25) is 0 Å². The second kappa shape index (κ2) is 5.67. The fraction of sp³-hybridized carbons (Fsp3) is 0.250. The van der Waals surface area contributed by atoms with Crippen LogP contribution in [0.5, 0.6) is 5.75 Å². The Bertz CT molecular complexity index is 669. The smallest absolute Gasteiger partial charge is 0.333 e. The highest BCUT2D eigenvalue weighted by Crippen LogP contribution is 2.63. The molecule has 0 fully saturated rings. The molecule has 2 aromatic carbocycles. The van der Waals surface area contributed by atoms with Crippen molar-refractivity contribution >= 4 is 23.3 Å². The molecule has 4 heteroatoms. The molecule has 1 atom stereocenters. The molecule has 1 unspecified atom stereocenters. The summed E-state index contributed by atoms with van der Waals surface area (Å²) in [6.07, 6.45) is 2.16. The number of fused-ring (bicyclic) bond motifs is 3. The molecular weight excluding hydrogens is 287 g/mol. The zero-order valence-corrected chi connectivity index (χ0v) is 13.1. The first-order valence-corrected chi connectivity index (χ1v) is 10.1. The Kier molecular flexibility index (Phi) is 3.91. The third kappa shape index (κ3) is 2.41. The van der Waals surface area contributed by atoms with E-state index < -0.39 is 6.57 Å². The topological polar surface area (TPSA) is 26.3 Å². The van der Waals surface area contributed by atoms with Gasteiger partial charge in [-0.1, -0.05) is 61.1 Å². The van der Waals surface area contributed by atoms with Crippen LogP contribution in [0, 0.1) is 0 Å². The van der Waals surface area contributed by atoms with E-state index in [-0.39, 0.29) is 0 Å². The van der Waals surface area contributed by atoms with Gasteiger partial charge in [-0.05, 0) is 18.6 Å². The summed E-state index contributed by atoms with van der Waals surface area (Å²) >= 11 is 1.46. The Morgan fingerprint density at radius 1 is 1.05 bits per heavy atom. The average Bonchev–Trinajstić information content (AvgIpc) is 2.48. The lowest BCUT2D eigenvalue weighted by Gasteiger charge is -2.27. The molecule has 3 rings (SSSR count). The predicted molar refractivity (Wildman–Crippen MR) is 87.1 cm³/mol. The summed E-state index contributed by atoms with van der Waals surface area (Å²) in [5, 5.41) is 0.847. The number of unbranched alkanes of at least 4 members (excludes halogenated alkanes) is 1. The van der Waals surface area contributed by atoms with Gasteiger partial charge in [0, 0.05) is 16.9 Å². The number of benzene rings is 2. The Morgan fingerprint density at radius 3 is 2.55 bits per heavy atom. The average molecular weight is 304 g/mol. The van der Waals surface area contributed by atoms with Gasteiger partial charge >= 0.3 is 6.57 Å². The monoisotopic (exact) mass is 304 g/mol. The van der Waals surface area contributed by atoms with Gasteiger partial charge in [0.05, 0.1) is 5.30 Å². The van der Waals surface area contributed by atoms with Gasteiger partial charge in [-0.3, -0.25) is 4.57 Å². The molecule has 0 radical (unpaired) electrons. The van der Waals surface area contributed by atoms with Crippen LogP contribution < -0.4 is 9.83 Å². The zero-order chi connectivity index (χ0) is 14.0. The maximum Gasteiger partial charge on any atom is 0.333 e. The van der Waals surface area contributed by atoms with Crippen LogP contribution in [0.15, 0.2) is 48.5 Å². The van der Waals surface area contributed by atoms with Gasteiger partial charge in [0.2, 0.25) is 0 Å². The van der Waals surface area contributed by atoms with Crippen molar-refractivity contribution in [3.63, 3.8) is 0 Å². The molecule has 0 aromatic heterocycles. The van der Waals surface area contributed by atoms with Gasteiger partial charge in [-0.2, -0.15) is 0 Å². The minimum atomic E-state index is -2.85. The molecule has 20 heavy (non-hydrogen) atoms. The molecule has 0 N–H and O–H groups in total. The maximum absolute atomic E-state index is 13.2. The van der Waals surface area contributed by atoms with Gasteiger partial charge in [0.15, 0.2) is 0 Å². The summed E-state index contributed by atoms with van der Waals surface area (Å²) in [7, 11) is 0. The molecule has 0 saturated heterocycles. The lowest BCUT2D eigenvalue weighted by Crippen LogP contribution is -2.15. The van der Waals surface area contributed by atoms with Crippen molar-refractivity contribution in [1.82, 2.24) is 0 Å². The number of hydrogen-bond acceptors (Lipinski definition) is 3. The van der Waals surface area contributed by atoms with Crippen molar-refractivity contribution in [1.29, 1.82) is 0 Å². The fourth-order valence-corrected chi connectivity index (χ4v) is 6.84. The van der Waals surface area contributed by atoms with Crippen LogP contribution in [-0.4, -0.2) is 5.75 Å². The van der Waals surface area contributed by atoms with Gasteiger partial charge in [0.1, 0.15) is 5.75 Å². The van der Waals surface area contributed by atoms with Crippen LogP contribution in [-0.2, 0) is 4.57 Å². The molecule has 1 heterocycles. The summed E-state index contributed by atoms with van der Waals surface area (Å²) in [6, 6.07) is 15.7. The third-order valence-corrected chi connectivity index (χ3v) is 7.96. The molecule has 1 aliphatic heterocycles. The minimum absolute atomic E-state index is 0.735. The number of rotatable bonds is 4. The first-order valence-electron chi connectivity index (χ1n) is 6.88. The van der Waals surface area contributed by atoms with Crippen molar-refractivity contribution in [2.24, 2.45) is 0 Å². The van der Waals surface area contributed by atoms with E-state index in [0.717, 1.165) is 40.8 Å². The molecule has 104 valence electrons. The second-order valence-electron chi connectivity index (χ2n) is 4.79. The summed E-state index contributed by atoms with van der Waals surface area (Å²) < 4.78 is 19.1. The van der Waals surface area contributed by atoms with E-state index >= 15 is 0 Å². The zero-order valence-electron chi connectivity index (χ0n) is 11.4. The van der Waals surface area contributed by atoms with Crippen LogP contribution >= 0.6 is 18.0 Å². The van der Waals surface area contributed by atoms with E-state index in [0.29, 0.717) is 0 Å². The molecule has 0 aliphatic carbocycles. The molecule has 2 aromatic rings. The summed E-state index contributed by atoms with van der Waals surface area (Å²) in [5.41, 5.74) is 2.08. The third-order valence-electron chi connectivity index (χ3n) is 3.35. The Morgan fingerprint density at radius 2 is 1.75 bits per heavy atom. The van der Waals surface area contributed by atoms with Crippen LogP contribution in [0.4, 0.5) is 0 Å². The first-order chi connectivity index (χ1) is 9.74. The Labute approximate surface area is 123 Å². The maximum atomic E-state index is 13.2. The lowest BCUT2D eigenvalue weighted by molar-refractivity contribution is 0.508. The first kappa shape index (κ1) is 13.8. The van der Waals surface area contributed by atoms with Gasteiger partial charge in [0.25, 0.3) is 0 Å². The highest BCUT2D eigenvalue weighted by atomic mass is 32.7. The number of para-hydroxylation sites is 1. The number of hydrogen-bond donors (Lipinski definition) is 0. The normalized spacial score (nSPS) is 19.9. The van der Waals surface area contributed by atoms with Crippen molar-refractivity contribution in [3.05, 3.63) is 48.5 Å². The molecule has 0 saturated carbocycles. The van der Waals surface area contributed by atoms with E-state index in [1.807, 2.05) is 48.5 Å². The molecule has 0 amide bonds. The van der Waals surface area contributed by atoms with E-state index in [1.54, 1.807) is 0 Å². The van der Waals surface area contributed by atoms with E-state index in [1.165, 1.54) is 11.4 Å². The minimum Gasteiger partial charge on any atom is -0.432 e. The standard InChI is InChI=1S/C16H17O2PS/c1-2-3-12-20-19(17)16-11-7-5-9-14(16)13-8-4-6-10-15(13)18-19/h4-11H,2-3,12H2,1H3. The molecular formula is C16H17O2PS. The predicted octanol–water partition coefficient (Wildman–Crippen LogP) is 5.10. The second-order valence-corrected chi connectivity index (χ2v) is 9.33. The van der Waals surface area contributed by atoms with Gasteiger partial charge in [-0.15, -0.1) is 0 Å². The Hall–Kier alpha value is -1.18. The SMILES string of the molecule is CCCCSP1(=O)Oc2ccccc2-c2ccccc21. The molecule has 1 aliphatic rings. The van der Waals surface area contributed by atoms with Gasteiger partial charge in [-0.25, -0.2) is 0 Å². The van der Waals surface area contributed by atoms with E-state index in [9.17, 15) is 4.57 Å². The van der Waals surface area contributed by atoms with Crippen LogP contribution in [0.1, 0.15) is 19.8 Å². The van der Waals surface area contributed by atoms with E-state index in [4.69, 9.17) is 4.52 Å². The quantitative estimate of drug-likeness (QED) is 0.581. The van der Waals surface area contributed by atoms with Crippen molar-refractivity contribution in [2.75, 3.05) is 5.75 Å². The van der Waals surface area contributed by atoms with Crippen molar-refractivity contribution in [3.8, 4) is 16.9 Å². The van der Waals surface area contributed by atoms with Crippen molar-refractivity contribution in [2.45, 2.75) is 19.8 Å². The largest absolute Gasteiger partial charge is 0.432 e. The summed E-state index contributed by atoms with van der Waals surface area (Å²) in [5.74, 6) is 1.60. The highest BCUT2D eigenvalue weighted by Gasteiger charge is 2.36. The highest BCUT2D eigenvalue weighted by molar-refractivity contribution is 8.58. The van der Waals surface area contributed by atoms with Gasteiger partial charge < -0.3 is 4.52 Å². The lowest BCUT2D eigenvalue weighted by atomic mass is 10.0. The van der Waals surface area contributed by atoms with Crippen molar-refractivity contribution < 1.29 is 9.09 Å². The fourth-order valence-electron chi connectivity index (χ4n) is 2.31. The van der Waals surface area contributed by atoms with Crippen LogP contribution in [0.25, 0.3) is 11.1 Å². The summed E-state index contributed by atoms with van der Waals surface area (Å²) in [4.78, 5) is 0. The summed E-state index contributed by atoms with van der Waals surface area (Å²) in [6.45, 7) is -0.708. The molecule has 0 bridgehead atoms. The van der Waals surface area contributed by atoms with Crippen LogP contribution in [0.3, 0.4) is 0 Å². The molecule has 0 spiro atoms.